The van der Waals surface area contributed by atoms with Gasteiger partial charge in [-0.3, -0.25) is 0 Å². The van der Waals surface area contributed by atoms with Gasteiger partial charge >= 0.3 is 0 Å². The van der Waals surface area contributed by atoms with Crippen molar-refractivity contribution in [3.05, 3.63) is 23.8 Å². The molecule has 0 spiro atoms. The second-order valence-electron chi connectivity index (χ2n) is 4.26. The van der Waals surface area contributed by atoms with Gasteiger partial charge in [0, 0.05) is 23.5 Å². The molecule has 2 unspecified atom stereocenters. The van der Waals surface area contributed by atoms with Crippen LogP contribution < -0.4 is 11.1 Å². The number of rotatable bonds is 3. The molecule has 1 aliphatic heterocycles. The van der Waals surface area contributed by atoms with E-state index >= 15 is 0 Å². The van der Waals surface area contributed by atoms with Gasteiger partial charge in [-0.15, -0.1) is 0 Å². The van der Waals surface area contributed by atoms with Crippen LogP contribution in [0, 0.1) is 0 Å². The van der Waals surface area contributed by atoms with E-state index in [0.29, 0.717) is 18.0 Å². The molecule has 2 atom stereocenters. The number of halogens is 2. The van der Waals surface area contributed by atoms with E-state index in [2.05, 4.69) is 5.32 Å². The van der Waals surface area contributed by atoms with Gasteiger partial charge in [0.15, 0.2) is 0 Å². The van der Waals surface area contributed by atoms with Crippen molar-refractivity contribution in [2.75, 3.05) is 17.7 Å². The zero-order chi connectivity index (χ0) is 12.4. The molecule has 3 N–H and O–H groups in total. The quantitative estimate of drug-likeness (QED) is 0.801. The van der Waals surface area contributed by atoms with E-state index in [1.807, 2.05) is 6.92 Å². The highest BCUT2D eigenvalue weighted by atomic mass is 19.3. The molecule has 1 aromatic carbocycles. The molecule has 0 radical (unpaired) electrons. The minimum Gasteiger partial charge on any atom is -0.399 e. The maximum Gasteiger partial charge on any atom is 0.265 e. The number of nitrogens with one attached hydrogen (secondary N) is 1. The van der Waals surface area contributed by atoms with Crippen LogP contribution in [0.3, 0.4) is 0 Å². The Morgan fingerprint density at radius 2 is 2.24 bits per heavy atom. The van der Waals surface area contributed by atoms with E-state index in [1.54, 1.807) is 12.1 Å². The Morgan fingerprint density at radius 3 is 2.82 bits per heavy atom. The van der Waals surface area contributed by atoms with Gasteiger partial charge in [-0.05, 0) is 31.5 Å². The SMILES string of the molecule is CC1OCCC1Nc1ccc(N)cc1C(F)F. The molecule has 1 aliphatic rings. The fraction of sp³-hybridized carbons (Fsp3) is 0.500. The van der Waals surface area contributed by atoms with E-state index < -0.39 is 6.43 Å². The number of nitrogen functional groups attached to an aromatic ring is 1. The van der Waals surface area contributed by atoms with Crippen molar-refractivity contribution in [1.82, 2.24) is 0 Å². The van der Waals surface area contributed by atoms with Gasteiger partial charge in [-0.1, -0.05) is 0 Å². The molecule has 94 valence electrons. The van der Waals surface area contributed by atoms with Crippen molar-refractivity contribution in [2.45, 2.75) is 31.9 Å². The van der Waals surface area contributed by atoms with Crippen LogP contribution in [0.5, 0.6) is 0 Å². The Hall–Kier alpha value is -1.36. The van der Waals surface area contributed by atoms with Gasteiger partial charge in [0.25, 0.3) is 6.43 Å². The molecule has 1 fully saturated rings. The lowest BCUT2D eigenvalue weighted by atomic mass is 10.1. The second kappa shape index (κ2) is 4.87. The molecule has 0 amide bonds. The second-order valence-corrected chi connectivity index (χ2v) is 4.26. The molecule has 1 heterocycles. The molecule has 1 saturated heterocycles. The third-order valence-corrected chi connectivity index (χ3v) is 3.03. The average molecular weight is 242 g/mol. The maximum atomic E-state index is 12.9. The summed E-state index contributed by atoms with van der Waals surface area (Å²) in [5, 5.41) is 3.11. The van der Waals surface area contributed by atoms with Crippen molar-refractivity contribution in [3.8, 4) is 0 Å². The highest BCUT2D eigenvalue weighted by Gasteiger charge is 2.25. The van der Waals surface area contributed by atoms with Crippen LogP contribution in [-0.4, -0.2) is 18.8 Å². The monoisotopic (exact) mass is 242 g/mol. The summed E-state index contributed by atoms with van der Waals surface area (Å²) < 4.78 is 31.1. The molecule has 0 saturated carbocycles. The molecule has 0 bridgehead atoms. The Balaban J connectivity index is 2.19. The lowest BCUT2D eigenvalue weighted by Gasteiger charge is -2.20. The van der Waals surface area contributed by atoms with Crippen LogP contribution in [0.2, 0.25) is 0 Å². The average Bonchev–Trinajstić information content (AvgIpc) is 2.67. The molecular weight excluding hydrogens is 226 g/mol. The van der Waals surface area contributed by atoms with Crippen molar-refractivity contribution in [1.29, 1.82) is 0 Å². The Labute approximate surface area is 98.9 Å². The fourth-order valence-electron chi connectivity index (χ4n) is 2.01. The number of nitrogens with two attached hydrogens (primary N) is 1. The molecule has 1 aromatic rings. The summed E-state index contributed by atoms with van der Waals surface area (Å²) in [5.74, 6) is 0. The smallest absolute Gasteiger partial charge is 0.265 e. The molecule has 0 aliphatic carbocycles. The first-order chi connectivity index (χ1) is 8.08. The number of ether oxygens (including phenoxy) is 1. The number of anilines is 2. The molecular formula is C12H16F2N2O. The topological polar surface area (TPSA) is 47.3 Å². The van der Waals surface area contributed by atoms with E-state index in [9.17, 15) is 8.78 Å². The summed E-state index contributed by atoms with van der Waals surface area (Å²) in [6.07, 6.45) is -1.66. The van der Waals surface area contributed by atoms with E-state index in [1.165, 1.54) is 6.07 Å². The first kappa shape index (κ1) is 12.1. The Bertz CT molecular complexity index is 398. The van der Waals surface area contributed by atoms with E-state index in [4.69, 9.17) is 10.5 Å². The van der Waals surface area contributed by atoms with Gasteiger partial charge in [0.05, 0.1) is 12.1 Å². The van der Waals surface area contributed by atoms with E-state index in [0.717, 1.165) is 6.42 Å². The number of alkyl halides is 2. The first-order valence-electron chi connectivity index (χ1n) is 5.63. The Morgan fingerprint density at radius 1 is 1.47 bits per heavy atom. The lowest BCUT2D eigenvalue weighted by Crippen LogP contribution is -2.27. The van der Waals surface area contributed by atoms with Crippen LogP contribution in [0.1, 0.15) is 25.3 Å². The summed E-state index contributed by atoms with van der Waals surface area (Å²) in [5.41, 5.74) is 6.25. The predicted molar refractivity (Wildman–Crippen MR) is 63.3 cm³/mol. The van der Waals surface area contributed by atoms with Gasteiger partial charge in [0.1, 0.15) is 0 Å². The number of benzene rings is 1. The van der Waals surface area contributed by atoms with Crippen molar-refractivity contribution in [2.24, 2.45) is 0 Å². The lowest BCUT2D eigenvalue weighted by molar-refractivity contribution is 0.121. The highest BCUT2D eigenvalue weighted by Crippen LogP contribution is 2.30. The van der Waals surface area contributed by atoms with Crippen LogP contribution in [0.15, 0.2) is 18.2 Å². The summed E-state index contributed by atoms with van der Waals surface area (Å²) in [4.78, 5) is 0. The van der Waals surface area contributed by atoms with Crippen molar-refractivity contribution >= 4 is 11.4 Å². The summed E-state index contributed by atoms with van der Waals surface area (Å²) in [6, 6.07) is 4.61. The zero-order valence-electron chi connectivity index (χ0n) is 9.62. The molecule has 2 rings (SSSR count). The normalized spacial score (nSPS) is 24.2. The van der Waals surface area contributed by atoms with Gasteiger partial charge in [-0.25, -0.2) is 8.78 Å². The highest BCUT2D eigenvalue weighted by molar-refractivity contribution is 5.59. The van der Waals surface area contributed by atoms with Crippen LogP contribution in [-0.2, 0) is 4.74 Å². The largest absolute Gasteiger partial charge is 0.399 e. The number of hydrogen-bond donors (Lipinski definition) is 2. The molecule has 0 aromatic heterocycles. The zero-order valence-corrected chi connectivity index (χ0v) is 9.62. The summed E-state index contributed by atoms with van der Waals surface area (Å²) in [7, 11) is 0. The molecule has 17 heavy (non-hydrogen) atoms. The predicted octanol–water partition coefficient (Wildman–Crippen LogP) is 2.80. The standard InChI is InChI=1S/C12H16F2N2O/c1-7-10(4-5-17-7)16-11-3-2-8(15)6-9(11)12(13)14/h2-3,6-7,10,12,16H,4-5,15H2,1H3. The maximum absolute atomic E-state index is 12.9. The molecule has 3 nitrogen and oxygen atoms in total. The van der Waals surface area contributed by atoms with Gasteiger partial charge in [-0.2, -0.15) is 0 Å². The van der Waals surface area contributed by atoms with Crippen LogP contribution in [0.4, 0.5) is 20.2 Å². The summed E-state index contributed by atoms with van der Waals surface area (Å²) >= 11 is 0. The minimum absolute atomic E-state index is 0.0399. The van der Waals surface area contributed by atoms with Gasteiger partial charge < -0.3 is 15.8 Å². The van der Waals surface area contributed by atoms with Crippen LogP contribution >= 0.6 is 0 Å². The van der Waals surface area contributed by atoms with Crippen LogP contribution in [0.25, 0.3) is 0 Å². The fourth-order valence-corrected chi connectivity index (χ4v) is 2.01. The third-order valence-electron chi connectivity index (χ3n) is 3.03. The summed E-state index contributed by atoms with van der Waals surface area (Å²) in [6.45, 7) is 2.60. The first-order valence-corrected chi connectivity index (χ1v) is 5.63. The number of hydrogen-bond acceptors (Lipinski definition) is 3. The minimum atomic E-state index is -2.53. The van der Waals surface area contributed by atoms with Crippen molar-refractivity contribution in [3.63, 3.8) is 0 Å². The third kappa shape index (κ3) is 2.66. The Kier molecular flexibility index (Phi) is 3.47. The van der Waals surface area contributed by atoms with Gasteiger partial charge in [0.2, 0.25) is 0 Å². The molecule has 5 heteroatoms. The van der Waals surface area contributed by atoms with Crippen molar-refractivity contribution < 1.29 is 13.5 Å². The van der Waals surface area contributed by atoms with E-state index in [-0.39, 0.29) is 17.7 Å².